The van der Waals surface area contributed by atoms with E-state index in [2.05, 4.69) is 0 Å². The molecule has 2 heterocycles. The molecule has 1 aliphatic rings. The molecule has 0 spiro atoms. The van der Waals surface area contributed by atoms with Crippen LogP contribution in [-0.4, -0.2) is 49.6 Å². The van der Waals surface area contributed by atoms with E-state index in [4.69, 9.17) is 18.9 Å². The van der Waals surface area contributed by atoms with Crippen molar-refractivity contribution >= 4 is 28.8 Å². The van der Waals surface area contributed by atoms with Crippen molar-refractivity contribution in [2.75, 3.05) is 27.9 Å². The van der Waals surface area contributed by atoms with Gasteiger partial charge in [0.2, 0.25) is 5.75 Å². The molecule has 8 nitrogen and oxygen atoms in total. The van der Waals surface area contributed by atoms with Crippen LogP contribution in [0.1, 0.15) is 29.0 Å². The van der Waals surface area contributed by atoms with E-state index >= 15 is 0 Å². The summed E-state index contributed by atoms with van der Waals surface area (Å²) in [7, 11) is 4.47. The number of amides is 1. The normalized spacial score (nSPS) is 16.8. The number of likely N-dealkylation sites (tertiary alicyclic amines) is 1. The molecule has 0 radical (unpaired) electrons. The minimum atomic E-state index is -0.892. The molecule has 0 bridgehead atoms. The summed E-state index contributed by atoms with van der Waals surface area (Å²) in [6.45, 7) is 2.49. The van der Waals surface area contributed by atoms with Gasteiger partial charge in [0.1, 0.15) is 11.5 Å². The van der Waals surface area contributed by atoms with Gasteiger partial charge in [-0.2, -0.15) is 0 Å². The van der Waals surface area contributed by atoms with Crippen LogP contribution in [0.3, 0.4) is 0 Å². The lowest BCUT2D eigenvalue weighted by molar-refractivity contribution is -0.140. The van der Waals surface area contributed by atoms with Gasteiger partial charge in [-0.25, -0.2) is 0 Å². The Kier molecular flexibility index (Phi) is 7.49. The topological polar surface area (TPSA) is 94.5 Å². The number of thiophene rings is 1. The van der Waals surface area contributed by atoms with Crippen molar-refractivity contribution in [1.82, 2.24) is 4.90 Å². The Balaban J connectivity index is 1.93. The van der Waals surface area contributed by atoms with Gasteiger partial charge < -0.3 is 29.0 Å². The Morgan fingerprint density at radius 3 is 2.31 bits per heavy atom. The number of Topliss-reactive ketones (excluding diaryl/α,β-unsaturated/α-hetero) is 1. The van der Waals surface area contributed by atoms with Gasteiger partial charge >= 0.3 is 0 Å². The molecular formula is C27H27NO7S. The van der Waals surface area contributed by atoms with E-state index < -0.39 is 17.7 Å². The van der Waals surface area contributed by atoms with Crippen LogP contribution >= 0.6 is 11.3 Å². The fourth-order valence-corrected chi connectivity index (χ4v) is 4.98. The first-order chi connectivity index (χ1) is 17.4. The average molecular weight is 510 g/mol. The van der Waals surface area contributed by atoms with Crippen molar-refractivity contribution in [3.63, 3.8) is 0 Å². The van der Waals surface area contributed by atoms with Gasteiger partial charge in [-0.1, -0.05) is 18.2 Å². The van der Waals surface area contributed by atoms with E-state index in [0.29, 0.717) is 40.7 Å². The number of carbonyl (C=O) groups excluding carboxylic acids is 2. The number of carbonyl (C=O) groups is 2. The molecule has 1 saturated heterocycles. The van der Waals surface area contributed by atoms with Crippen LogP contribution in [0.15, 0.2) is 59.5 Å². The molecule has 36 heavy (non-hydrogen) atoms. The zero-order valence-electron chi connectivity index (χ0n) is 20.4. The molecule has 1 aliphatic heterocycles. The van der Waals surface area contributed by atoms with E-state index in [9.17, 15) is 14.7 Å². The second kappa shape index (κ2) is 10.7. The second-order valence-corrected chi connectivity index (χ2v) is 8.96. The van der Waals surface area contributed by atoms with Crippen molar-refractivity contribution < 1.29 is 33.6 Å². The highest BCUT2D eigenvalue weighted by Crippen LogP contribution is 2.46. The van der Waals surface area contributed by atoms with E-state index in [-0.39, 0.29) is 17.9 Å². The first kappa shape index (κ1) is 25.1. The Labute approximate surface area is 213 Å². The molecule has 188 valence electrons. The predicted molar refractivity (Wildman–Crippen MR) is 136 cm³/mol. The lowest BCUT2D eigenvalue weighted by atomic mass is 9.94. The fourth-order valence-electron chi connectivity index (χ4n) is 4.27. The van der Waals surface area contributed by atoms with Gasteiger partial charge in [-0.3, -0.25) is 9.59 Å². The quantitative estimate of drug-likeness (QED) is 0.252. The molecule has 1 atom stereocenters. The van der Waals surface area contributed by atoms with E-state index in [1.54, 1.807) is 36.4 Å². The Hall–Kier alpha value is -3.98. The summed E-state index contributed by atoms with van der Waals surface area (Å²) in [6, 6.07) is 13.0. The lowest BCUT2D eigenvalue weighted by Crippen LogP contribution is -2.29. The van der Waals surface area contributed by atoms with Crippen LogP contribution in [0, 0.1) is 0 Å². The fraction of sp³-hybridized carbons (Fsp3) is 0.259. The number of hydrogen-bond acceptors (Lipinski definition) is 8. The second-order valence-electron chi connectivity index (χ2n) is 7.93. The molecule has 3 aromatic rings. The minimum Gasteiger partial charge on any atom is -0.507 e. The number of aliphatic hydroxyl groups excluding tert-OH is 1. The van der Waals surface area contributed by atoms with Crippen LogP contribution in [0.25, 0.3) is 5.76 Å². The van der Waals surface area contributed by atoms with Crippen LogP contribution in [0.4, 0.5) is 0 Å². The van der Waals surface area contributed by atoms with Gasteiger partial charge in [-0.15, -0.1) is 11.3 Å². The van der Waals surface area contributed by atoms with E-state index in [0.717, 1.165) is 4.88 Å². The largest absolute Gasteiger partial charge is 0.507 e. The smallest absolute Gasteiger partial charge is 0.295 e. The van der Waals surface area contributed by atoms with Crippen LogP contribution in [0.2, 0.25) is 0 Å². The van der Waals surface area contributed by atoms with Crippen LogP contribution < -0.4 is 18.9 Å². The molecule has 1 amide bonds. The molecule has 1 fully saturated rings. The van der Waals surface area contributed by atoms with E-state index in [1.165, 1.54) is 37.6 Å². The monoisotopic (exact) mass is 509 g/mol. The number of rotatable bonds is 9. The predicted octanol–water partition coefficient (Wildman–Crippen LogP) is 4.79. The molecule has 9 heteroatoms. The first-order valence-corrected chi connectivity index (χ1v) is 12.1. The third-order valence-corrected chi connectivity index (χ3v) is 6.73. The van der Waals surface area contributed by atoms with Crippen molar-refractivity contribution in [2.24, 2.45) is 0 Å². The number of methoxy groups -OCH3 is 3. The SMILES string of the molecule is CCOc1cccc(/C(O)=C2\C(=O)C(=O)N(Cc3cccs3)C2c2cc(OC)c(OC)c(OC)c2)c1. The molecule has 2 aromatic carbocycles. The van der Waals surface area contributed by atoms with Crippen molar-refractivity contribution in [1.29, 1.82) is 0 Å². The van der Waals surface area contributed by atoms with E-state index in [1.807, 2.05) is 24.4 Å². The number of ether oxygens (including phenoxy) is 4. The van der Waals surface area contributed by atoms with Gasteiger partial charge in [0.05, 0.1) is 46.1 Å². The standard InChI is InChI=1S/C27H27NO7S/c1-5-35-18-9-6-8-16(12-18)24(29)22-23(17-13-20(32-2)26(34-4)21(14-17)33-3)28(27(31)25(22)30)15-19-10-7-11-36-19/h6-14,23,29H,5,15H2,1-4H3/b24-22+. The summed E-state index contributed by atoms with van der Waals surface area (Å²) in [6.07, 6.45) is 0. The molecule has 1 N–H and O–H groups in total. The van der Waals surface area contributed by atoms with Crippen molar-refractivity contribution in [3.8, 4) is 23.0 Å². The highest BCUT2D eigenvalue weighted by Gasteiger charge is 2.46. The highest BCUT2D eigenvalue weighted by molar-refractivity contribution is 7.09. The molecule has 1 aromatic heterocycles. The summed E-state index contributed by atoms with van der Waals surface area (Å²) in [5.41, 5.74) is 0.870. The Bertz CT molecular complexity index is 1270. The maximum atomic E-state index is 13.4. The van der Waals surface area contributed by atoms with Crippen LogP contribution in [0.5, 0.6) is 23.0 Å². The zero-order chi connectivity index (χ0) is 25.8. The van der Waals surface area contributed by atoms with Gasteiger partial charge in [-0.05, 0) is 48.2 Å². The average Bonchev–Trinajstić information content (AvgIpc) is 3.50. The summed E-state index contributed by atoms with van der Waals surface area (Å²) >= 11 is 1.48. The summed E-state index contributed by atoms with van der Waals surface area (Å²) in [5, 5.41) is 13.3. The van der Waals surface area contributed by atoms with Gasteiger partial charge in [0, 0.05) is 10.4 Å². The summed E-state index contributed by atoms with van der Waals surface area (Å²) in [5.74, 6) is -0.113. The van der Waals surface area contributed by atoms with Crippen molar-refractivity contribution in [3.05, 3.63) is 75.5 Å². The first-order valence-electron chi connectivity index (χ1n) is 11.3. The highest BCUT2D eigenvalue weighted by atomic mass is 32.1. The maximum absolute atomic E-state index is 13.4. The molecule has 0 saturated carbocycles. The number of aliphatic hydroxyl groups is 1. The maximum Gasteiger partial charge on any atom is 0.295 e. The summed E-state index contributed by atoms with van der Waals surface area (Å²) < 4.78 is 22.0. The molecular weight excluding hydrogens is 482 g/mol. The zero-order valence-corrected chi connectivity index (χ0v) is 21.3. The third kappa shape index (κ3) is 4.61. The van der Waals surface area contributed by atoms with Gasteiger partial charge in [0.15, 0.2) is 11.5 Å². The molecule has 0 aliphatic carbocycles. The summed E-state index contributed by atoms with van der Waals surface area (Å²) in [4.78, 5) is 29.0. The number of hydrogen-bond donors (Lipinski definition) is 1. The van der Waals surface area contributed by atoms with Crippen LogP contribution in [-0.2, 0) is 16.1 Å². The Morgan fingerprint density at radius 1 is 1.00 bits per heavy atom. The number of ketones is 1. The Morgan fingerprint density at radius 2 is 1.72 bits per heavy atom. The minimum absolute atomic E-state index is 0.0283. The van der Waals surface area contributed by atoms with Gasteiger partial charge in [0.25, 0.3) is 11.7 Å². The molecule has 1 unspecified atom stereocenters. The number of benzene rings is 2. The third-order valence-electron chi connectivity index (χ3n) is 5.87. The lowest BCUT2D eigenvalue weighted by Gasteiger charge is -2.26. The van der Waals surface area contributed by atoms with Crippen molar-refractivity contribution in [2.45, 2.75) is 19.5 Å². The number of nitrogens with zero attached hydrogens (tertiary/aromatic N) is 1. The molecule has 4 rings (SSSR count).